The van der Waals surface area contributed by atoms with Gasteiger partial charge >= 0.3 is 0 Å². The van der Waals surface area contributed by atoms with Gasteiger partial charge in [0.25, 0.3) is 0 Å². The maximum Gasteiger partial charge on any atom is 0.159 e. The molecule has 0 fully saturated rings. The third kappa shape index (κ3) is 3.60. The number of imidazole rings is 1. The molecule has 0 bridgehead atoms. The van der Waals surface area contributed by atoms with Gasteiger partial charge in [-0.25, -0.2) is 9.97 Å². The van der Waals surface area contributed by atoms with Crippen LogP contribution in [0.25, 0.3) is 55.8 Å². The first-order chi connectivity index (χ1) is 16.7. The molecular formula is C26H22N8. The average molecular weight is 447 g/mol. The maximum atomic E-state index is 4.93. The number of aromatic nitrogens is 7. The normalized spacial score (nSPS) is 11.6. The fourth-order valence-electron chi connectivity index (χ4n) is 4.25. The number of aromatic amines is 2. The molecule has 0 atom stereocenters. The molecule has 0 unspecified atom stereocenters. The average Bonchev–Trinajstić information content (AvgIpc) is 3.48. The fraction of sp³-hybridized carbons (Fsp3) is 0.115. The third-order valence-corrected chi connectivity index (χ3v) is 5.77. The summed E-state index contributed by atoms with van der Waals surface area (Å²) in [5, 5.41) is 8.49. The van der Waals surface area contributed by atoms with Gasteiger partial charge in [0.1, 0.15) is 5.69 Å². The zero-order valence-corrected chi connectivity index (χ0v) is 18.8. The van der Waals surface area contributed by atoms with Crippen LogP contribution >= 0.6 is 0 Å². The highest BCUT2D eigenvalue weighted by Crippen LogP contribution is 2.32. The summed E-state index contributed by atoms with van der Waals surface area (Å²) in [5.41, 5.74) is 8.56. The molecule has 1 aromatic carbocycles. The molecule has 5 heterocycles. The van der Waals surface area contributed by atoms with Crippen LogP contribution in [0.15, 0.2) is 73.4 Å². The van der Waals surface area contributed by atoms with Gasteiger partial charge in [-0.1, -0.05) is 12.1 Å². The smallest absolute Gasteiger partial charge is 0.159 e. The van der Waals surface area contributed by atoms with Crippen molar-refractivity contribution in [2.75, 3.05) is 14.1 Å². The Labute approximate surface area is 195 Å². The van der Waals surface area contributed by atoms with Crippen LogP contribution in [0.4, 0.5) is 0 Å². The minimum absolute atomic E-state index is 0.696. The zero-order chi connectivity index (χ0) is 23.1. The molecule has 2 N–H and O–H groups in total. The minimum atomic E-state index is 0.696. The Morgan fingerprint density at radius 1 is 0.882 bits per heavy atom. The number of rotatable bonds is 5. The molecule has 34 heavy (non-hydrogen) atoms. The lowest BCUT2D eigenvalue weighted by Crippen LogP contribution is -2.10. The molecule has 0 aliphatic heterocycles. The van der Waals surface area contributed by atoms with Crippen molar-refractivity contribution in [2.45, 2.75) is 6.54 Å². The monoisotopic (exact) mass is 446 g/mol. The molecular weight excluding hydrogens is 424 g/mol. The summed E-state index contributed by atoms with van der Waals surface area (Å²) in [5.74, 6) is 0.696. The van der Waals surface area contributed by atoms with E-state index in [-0.39, 0.29) is 0 Å². The standard InChI is InChI=1S/C26H22N8/c1-34(2)15-16-10-18(13-28-12-16)19-11-21-24(32-33-25(21)29-14-19)26-30-22-5-3-4-20(23(22)31-26)17-6-8-27-9-7-17/h3-14H,15H2,1-2H3,(H,30,31)(H,29,32,33). The van der Waals surface area contributed by atoms with Crippen LogP contribution in [0.3, 0.4) is 0 Å². The number of para-hydroxylation sites is 1. The van der Waals surface area contributed by atoms with Crippen molar-refractivity contribution >= 4 is 22.1 Å². The van der Waals surface area contributed by atoms with E-state index in [4.69, 9.17) is 4.98 Å². The van der Waals surface area contributed by atoms with Gasteiger partial charge in [0.05, 0.1) is 16.4 Å². The van der Waals surface area contributed by atoms with Gasteiger partial charge < -0.3 is 9.88 Å². The number of fused-ring (bicyclic) bond motifs is 2. The number of benzene rings is 1. The van der Waals surface area contributed by atoms with Gasteiger partial charge in [0.15, 0.2) is 11.5 Å². The summed E-state index contributed by atoms with van der Waals surface area (Å²) in [7, 11) is 4.09. The van der Waals surface area contributed by atoms with Crippen molar-refractivity contribution in [1.82, 2.24) is 40.0 Å². The van der Waals surface area contributed by atoms with E-state index < -0.39 is 0 Å². The molecule has 0 amide bonds. The molecule has 0 spiro atoms. The molecule has 6 aromatic rings. The molecule has 8 heteroatoms. The highest BCUT2D eigenvalue weighted by atomic mass is 15.2. The predicted octanol–water partition coefficient (Wildman–Crippen LogP) is 4.69. The van der Waals surface area contributed by atoms with Gasteiger partial charge in [0.2, 0.25) is 0 Å². The number of pyridine rings is 3. The summed E-state index contributed by atoms with van der Waals surface area (Å²) >= 11 is 0. The zero-order valence-electron chi connectivity index (χ0n) is 18.8. The minimum Gasteiger partial charge on any atom is -0.337 e. The highest BCUT2D eigenvalue weighted by Gasteiger charge is 2.16. The third-order valence-electron chi connectivity index (χ3n) is 5.77. The lowest BCUT2D eigenvalue weighted by Gasteiger charge is -2.10. The van der Waals surface area contributed by atoms with Gasteiger partial charge in [-0.15, -0.1) is 0 Å². The van der Waals surface area contributed by atoms with E-state index in [1.54, 1.807) is 12.4 Å². The predicted molar refractivity (Wildman–Crippen MR) is 133 cm³/mol. The Morgan fingerprint density at radius 3 is 2.59 bits per heavy atom. The Hall–Kier alpha value is -4.43. The molecule has 8 nitrogen and oxygen atoms in total. The van der Waals surface area contributed by atoms with Gasteiger partial charge in [0, 0.05) is 54.2 Å². The van der Waals surface area contributed by atoms with E-state index in [1.165, 1.54) is 0 Å². The molecule has 6 rings (SSSR count). The summed E-state index contributed by atoms with van der Waals surface area (Å²) in [4.78, 5) is 23.7. The first-order valence-electron chi connectivity index (χ1n) is 11.0. The molecule has 0 aliphatic rings. The first kappa shape index (κ1) is 20.2. The quantitative estimate of drug-likeness (QED) is 0.399. The van der Waals surface area contributed by atoms with Crippen molar-refractivity contribution in [3.63, 3.8) is 0 Å². The van der Waals surface area contributed by atoms with Crippen molar-refractivity contribution in [3.05, 3.63) is 79.0 Å². The van der Waals surface area contributed by atoms with Crippen molar-refractivity contribution < 1.29 is 0 Å². The first-order valence-corrected chi connectivity index (χ1v) is 11.0. The van der Waals surface area contributed by atoms with E-state index in [9.17, 15) is 0 Å². The number of nitrogens with one attached hydrogen (secondary N) is 2. The van der Waals surface area contributed by atoms with Crippen LogP contribution < -0.4 is 0 Å². The molecule has 0 saturated carbocycles. The second-order valence-corrected chi connectivity index (χ2v) is 8.54. The number of hydrogen-bond donors (Lipinski definition) is 2. The van der Waals surface area contributed by atoms with Crippen LogP contribution in [0.5, 0.6) is 0 Å². The van der Waals surface area contributed by atoms with Crippen LogP contribution in [-0.4, -0.2) is 54.1 Å². The van der Waals surface area contributed by atoms with Gasteiger partial charge in [-0.2, -0.15) is 5.10 Å². The lowest BCUT2D eigenvalue weighted by atomic mass is 10.1. The summed E-state index contributed by atoms with van der Waals surface area (Å²) in [6, 6.07) is 14.3. The fourth-order valence-corrected chi connectivity index (χ4v) is 4.25. The molecule has 166 valence electrons. The van der Waals surface area contributed by atoms with E-state index in [2.05, 4.69) is 53.2 Å². The summed E-state index contributed by atoms with van der Waals surface area (Å²) in [6.45, 7) is 0.826. The Morgan fingerprint density at radius 2 is 1.74 bits per heavy atom. The molecule has 0 saturated heterocycles. The Bertz CT molecular complexity index is 1610. The maximum absolute atomic E-state index is 4.93. The van der Waals surface area contributed by atoms with E-state index in [1.807, 2.05) is 57.0 Å². The van der Waals surface area contributed by atoms with E-state index in [0.717, 1.165) is 56.5 Å². The Kier molecular flexibility index (Phi) is 4.85. The van der Waals surface area contributed by atoms with E-state index in [0.29, 0.717) is 11.5 Å². The molecule has 5 aromatic heterocycles. The topological polar surface area (TPSA) is 99.3 Å². The van der Waals surface area contributed by atoms with Crippen molar-refractivity contribution in [1.29, 1.82) is 0 Å². The van der Waals surface area contributed by atoms with E-state index >= 15 is 0 Å². The summed E-state index contributed by atoms with van der Waals surface area (Å²) in [6.07, 6.45) is 9.19. The van der Waals surface area contributed by atoms with Gasteiger partial charge in [-0.3, -0.25) is 15.1 Å². The number of nitrogens with zero attached hydrogens (tertiary/aromatic N) is 6. The van der Waals surface area contributed by atoms with Crippen LogP contribution in [0.2, 0.25) is 0 Å². The SMILES string of the molecule is CN(C)Cc1cncc(-c2cnc3[nH]nc(-c4nc5c(-c6ccncc6)cccc5[nH]4)c3c2)c1. The van der Waals surface area contributed by atoms with Crippen molar-refractivity contribution in [3.8, 4) is 33.8 Å². The van der Waals surface area contributed by atoms with Gasteiger partial charge in [-0.05, 0) is 55.6 Å². The van der Waals surface area contributed by atoms with Crippen LogP contribution in [-0.2, 0) is 6.54 Å². The second kappa shape index (κ2) is 8.17. The molecule has 0 radical (unpaired) electrons. The number of hydrogen-bond acceptors (Lipinski definition) is 6. The van der Waals surface area contributed by atoms with Crippen LogP contribution in [0, 0.1) is 0 Å². The number of H-pyrrole nitrogens is 2. The largest absolute Gasteiger partial charge is 0.337 e. The summed E-state index contributed by atoms with van der Waals surface area (Å²) < 4.78 is 0. The van der Waals surface area contributed by atoms with Crippen LogP contribution in [0.1, 0.15) is 5.56 Å². The highest BCUT2D eigenvalue weighted by molar-refractivity contribution is 5.97. The molecule has 0 aliphatic carbocycles. The Balaban J connectivity index is 1.45. The lowest BCUT2D eigenvalue weighted by molar-refractivity contribution is 0.402. The second-order valence-electron chi connectivity index (χ2n) is 8.54. The van der Waals surface area contributed by atoms with Crippen molar-refractivity contribution in [2.24, 2.45) is 0 Å².